The van der Waals surface area contributed by atoms with E-state index in [2.05, 4.69) is 4.99 Å². The second-order valence-electron chi connectivity index (χ2n) is 6.25. The normalized spacial score (nSPS) is 13.6. The SMILES string of the molecule is CCC(C(=O)O)n1c(=NC(=O)c2cccc(C(F)(F)F)c2)sc2cc(F)c(F)cc21. The third-order valence-electron chi connectivity index (χ3n) is 4.29. The van der Waals surface area contributed by atoms with Crippen LogP contribution in [0.3, 0.4) is 0 Å². The number of nitrogens with zero attached hydrogens (tertiary/aromatic N) is 2. The topological polar surface area (TPSA) is 71.7 Å². The minimum Gasteiger partial charge on any atom is -0.480 e. The number of thiazole rings is 1. The lowest BCUT2D eigenvalue weighted by molar-refractivity contribution is -0.141. The number of hydrogen-bond donors (Lipinski definition) is 1. The Balaban J connectivity index is 2.23. The van der Waals surface area contributed by atoms with E-state index in [-0.39, 0.29) is 27.0 Å². The smallest absolute Gasteiger partial charge is 0.416 e. The lowest BCUT2D eigenvalue weighted by atomic mass is 10.1. The molecule has 1 N–H and O–H groups in total. The Bertz CT molecular complexity index is 1210. The van der Waals surface area contributed by atoms with Gasteiger partial charge in [0.1, 0.15) is 6.04 Å². The zero-order valence-electron chi connectivity index (χ0n) is 15.2. The van der Waals surface area contributed by atoms with E-state index in [0.29, 0.717) is 6.07 Å². The number of benzene rings is 2. The van der Waals surface area contributed by atoms with Gasteiger partial charge in [0.05, 0.1) is 15.8 Å². The second kappa shape index (κ2) is 7.98. The zero-order chi connectivity index (χ0) is 22.2. The van der Waals surface area contributed by atoms with Crippen LogP contribution in [-0.2, 0) is 11.0 Å². The summed E-state index contributed by atoms with van der Waals surface area (Å²) in [5.41, 5.74) is -1.41. The van der Waals surface area contributed by atoms with Crippen molar-refractivity contribution in [1.82, 2.24) is 4.57 Å². The molecule has 0 spiro atoms. The molecule has 11 heteroatoms. The fourth-order valence-electron chi connectivity index (χ4n) is 2.86. The quantitative estimate of drug-likeness (QED) is 0.589. The van der Waals surface area contributed by atoms with E-state index in [4.69, 9.17) is 0 Å². The maximum atomic E-state index is 13.8. The summed E-state index contributed by atoms with van der Waals surface area (Å²) in [5, 5.41) is 9.49. The first-order valence-electron chi connectivity index (χ1n) is 8.52. The van der Waals surface area contributed by atoms with Crippen molar-refractivity contribution in [2.45, 2.75) is 25.6 Å². The molecule has 0 fully saturated rings. The molecule has 0 bridgehead atoms. The second-order valence-corrected chi connectivity index (χ2v) is 7.26. The molecule has 1 heterocycles. The lowest BCUT2D eigenvalue weighted by Crippen LogP contribution is -2.27. The van der Waals surface area contributed by atoms with Crippen molar-refractivity contribution < 1.29 is 36.6 Å². The molecule has 3 rings (SSSR count). The van der Waals surface area contributed by atoms with Gasteiger partial charge in [-0.05, 0) is 30.7 Å². The van der Waals surface area contributed by atoms with Gasteiger partial charge in [0.15, 0.2) is 16.4 Å². The van der Waals surface area contributed by atoms with Gasteiger partial charge in [-0.15, -0.1) is 0 Å². The number of carbonyl (C=O) groups excluding carboxylic acids is 1. The number of aliphatic carboxylic acids is 1. The van der Waals surface area contributed by atoms with Crippen LogP contribution < -0.4 is 4.80 Å². The average Bonchev–Trinajstić information content (AvgIpc) is 2.99. The van der Waals surface area contributed by atoms with Crippen molar-refractivity contribution >= 4 is 33.4 Å². The van der Waals surface area contributed by atoms with Gasteiger partial charge in [-0.1, -0.05) is 24.3 Å². The molecule has 30 heavy (non-hydrogen) atoms. The molecule has 1 aromatic heterocycles. The van der Waals surface area contributed by atoms with Gasteiger partial charge in [-0.25, -0.2) is 13.6 Å². The van der Waals surface area contributed by atoms with E-state index >= 15 is 0 Å². The van der Waals surface area contributed by atoms with Crippen LogP contribution in [0, 0.1) is 11.6 Å². The van der Waals surface area contributed by atoms with Crippen LogP contribution in [0.1, 0.15) is 35.3 Å². The third kappa shape index (κ3) is 4.11. The highest BCUT2D eigenvalue weighted by atomic mass is 32.1. The summed E-state index contributed by atoms with van der Waals surface area (Å²) >= 11 is 0.724. The molecule has 3 aromatic rings. The summed E-state index contributed by atoms with van der Waals surface area (Å²) < 4.78 is 67.3. The molecule has 1 atom stereocenters. The predicted molar refractivity (Wildman–Crippen MR) is 98.0 cm³/mol. The van der Waals surface area contributed by atoms with Gasteiger partial charge in [-0.3, -0.25) is 4.79 Å². The predicted octanol–water partition coefficient (Wildman–Crippen LogP) is 4.78. The highest BCUT2D eigenvalue weighted by molar-refractivity contribution is 7.16. The number of hydrogen-bond acceptors (Lipinski definition) is 3. The minimum atomic E-state index is -4.67. The van der Waals surface area contributed by atoms with E-state index in [1.807, 2.05) is 0 Å². The Kier molecular flexibility index (Phi) is 5.75. The number of halogens is 5. The molecule has 0 aliphatic carbocycles. The molecule has 1 amide bonds. The number of rotatable bonds is 4. The number of carbonyl (C=O) groups is 2. The van der Waals surface area contributed by atoms with E-state index in [9.17, 15) is 36.6 Å². The van der Waals surface area contributed by atoms with E-state index in [1.165, 1.54) is 6.92 Å². The number of alkyl halides is 3. The van der Waals surface area contributed by atoms with E-state index in [0.717, 1.165) is 46.2 Å². The number of amides is 1. The van der Waals surface area contributed by atoms with Gasteiger partial charge in [0, 0.05) is 11.6 Å². The van der Waals surface area contributed by atoms with Crippen LogP contribution in [0.2, 0.25) is 0 Å². The van der Waals surface area contributed by atoms with Crippen molar-refractivity contribution in [3.63, 3.8) is 0 Å². The largest absolute Gasteiger partial charge is 0.480 e. The minimum absolute atomic E-state index is 0.00347. The molecule has 158 valence electrons. The third-order valence-corrected chi connectivity index (χ3v) is 5.30. The standard InChI is InChI=1S/C19H13F5N2O3S/c1-2-13(17(28)29)26-14-7-11(20)12(21)8-15(14)30-18(26)25-16(27)9-4-3-5-10(6-9)19(22,23)24/h3-8,13H,2H2,1H3,(H,28,29). The average molecular weight is 444 g/mol. The maximum Gasteiger partial charge on any atom is 0.416 e. The number of carboxylic acids is 1. The molecule has 0 saturated heterocycles. The van der Waals surface area contributed by atoms with E-state index < -0.39 is 41.3 Å². The highest BCUT2D eigenvalue weighted by Gasteiger charge is 2.31. The van der Waals surface area contributed by atoms with Crippen LogP contribution >= 0.6 is 11.3 Å². The van der Waals surface area contributed by atoms with Crippen LogP contribution in [-0.4, -0.2) is 21.6 Å². The van der Waals surface area contributed by atoms with Crippen molar-refractivity contribution in [2.24, 2.45) is 4.99 Å². The molecule has 0 aliphatic rings. The van der Waals surface area contributed by atoms with Crippen LogP contribution in [0.5, 0.6) is 0 Å². The summed E-state index contributed by atoms with van der Waals surface area (Å²) in [7, 11) is 0. The van der Waals surface area contributed by atoms with Crippen LogP contribution in [0.25, 0.3) is 10.2 Å². The maximum absolute atomic E-state index is 13.8. The van der Waals surface area contributed by atoms with Gasteiger partial charge in [-0.2, -0.15) is 18.2 Å². The summed E-state index contributed by atoms with van der Waals surface area (Å²) in [6, 6.07) is 3.97. The molecule has 5 nitrogen and oxygen atoms in total. The molecular weight excluding hydrogens is 431 g/mol. The lowest BCUT2D eigenvalue weighted by Gasteiger charge is -2.13. The zero-order valence-corrected chi connectivity index (χ0v) is 16.0. The summed E-state index contributed by atoms with van der Waals surface area (Å²) in [4.78, 5) is 27.7. The van der Waals surface area contributed by atoms with Crippen LogP contribution in [0.15, 0.2) is 41.4 Å². The van der Waals surface area contributed by atoms with Gasteiger partial charge in [0.2, 0.25) is 0 Å². The summed E-state index contributed by atoms with van der Waals surface area (Å²) in [5.74, 6) is -4.74. The number of carboxylic acid groups (broad SMARTS) is 1. The fraction of sp³-hybridized carbons (Fsp3) is 0.211. The molecule has 1 unspecified atom stereocenters. The number of fused-ring (bicyclic) bond motifs is 1. The van der Waals surface area contributed by atoms with Crippen molar-refractivity contribution in [3.05, 3.63) is 64.0 Å². The van der Waals surface area contributed by atoms with Crippen molar-refractivity contribution in [2.75, 3.05) is 0 Å². The monoisotopic (exact) mass is 444 g/mol. The Morgan fingerprint density at radius 3 is 2.43 bits per heavy atom. The molecular formula is C19H13F5N2O3S. The van der Waals surface area contributed by atoms with E-state index in [1.54, 1.807) is 0 Å². The molecule has 2 aromatic carbocycles. The Labute approximate surface area is 169 Å². The van der Waals surface area contributed by atoms with Crippen molar-refractivity contribution in [1.29, 1.82) is 0 Å². The van der Waals surface area contributed by atoms with Gasteiger partial charge in [0.25, 0.3) is 5.91 Å². The Morgan fingerprint density at radius 1 is 1.17 bits per heavy atom. The molecule has 0 saturated carbocycles. The molecule has 0 aliphatic heterocycles. The number of aromatic nitrogens is 1. The van der Waals surface area contributed by atoms with Crippen LogP contribution in [0.4, 0.5) is 22.0 Å². The first-order chi connectivity index (χ1) is 14.0. The first-order valence-corrected chi connectivity index (χ1v) is 9.33. The van der Waals surface area contributed by atoms with Gasteiger partial charge < -0.3 is 9.67 Å². The summed E-state index contributed by atoms with van der Waals surface area (Å²) in [6.45, 7) is 1.54. The van der Waals surface area contributed by atoms with Gasteiger partial charge >= 0.3 is 12.1 Å². The Hall–Kier alpha value is -3.08. The van der Waals surface area contributed by atoms with Crippen molar-refractivity contribution in [3.8, 4) is 0 Å². The molecule has 0 radical (unpaired) electrons. The Morgan fingerprint density at radius 2 is 1.83 bits per heavy atom. The fourth-order valence-corrected chi connectivity index (χ4v) is 3.94. The first kappa shape index (κ1) is 21.6. The summed E-state index contributed by atoms with van der Waals surface area (Å²) in [6.07, 6.45) is -4.63. The highest BCUT2D eigenvalue weighted by Crippen LogP contribution is 2.30.